The SMILES string of the molecule is O=C(NCc1ccncc1)C(NCCC1CCNCC1)c1cccc(Cl)c1Cl. The average Bonchev–Trinajstić information content (AvgIpc) is 2.73. The predicted octanol–water partition coefficient (Wildman–Crippen LogP) is 3.73. The summed E-state index contributed by atoms with van der Waals surface area (Å²) in [4.78, 5) is 17.0. The molecular weight excluding hydrogens is 395 g/mol. The van der Waals surface area contributed by atoms with Crippen LogP contribution in [0.15, 0.2) is 42.7 Å². The molecule has 2 heterocycles. The largest absolute Gasteiger partial charge is 0.350 e. The molecule has 0 aliphatic carbocycles. The van der Waals surface area contributed by atoms with Crippen molar-refractivity contribution in [1.82, 2.24) is 20.9 Å². The Morgan fingerprint density at radius 2 is 1.93 bits per heavy atom. The second-order valence-electron chi connectivity index (χ2n) is 7.09. The van der Waals surface area contributed by atoms with E-state index in [1.165, 1.54) is 12.8 Å². The highest BCUT2D eigenvalue weighted by molar-refractivity contribution is 6.42. The van der Waals surface area contributed by atoms with Crippen molar-refractivity contribution >= 4 is 29.1 Å². The van der Waals surface area contributed by atoms with Crippen LogP contribution in [0.3, 0.4) is 0 Å². The quantitative estimate of drug-likeness (QED) is 0.608. The molecular formula is C21H26Cl2N4O. The minimum absolute atomic E-state index is 0.119. The molecule has 1 amide bonds. The van der Waals surface area contributed by atoms with Crippen LogP contribution in [0.25, 0.3) is 0 Å². The highest BCUT2D eigenvalue weighted by atomic mass is 35.5. The maximum Gasteiger partial charge on any atom is 0.242 e. The third-order valence-corrected chi connectivity index (χ3v) is 5.96. The maximum absolute atomic E-state index is 13.0. The number of carbonyl (C=O) groups is 1. The van der Waals surface area contributed by atoms with Crippen LogP contribution in [0.5, 0.6) is 0 Å². The fourth-order valence-corrected chi connectivity index (χ4v) is 3.90. The fourth-order valence-electron chi connectivity index (χ4n) is 3.48. The van der Waals surface area contributed by atoms with Gasteiger partial charge in [0.15, 0.2) is 0 Å². The molecule has 1 atom stereocenters. The van der Waals surface area contributed by atoms with Crippen LogP contribution < -0.4 is 16.0 Å². The molecule has 2 aromatic rings. The van der Waals surface area contributed by atoms with E-state index >= 15 is 0 Å². The number of piperidine rings is 1. The summed E-state index contributed by atoms with van der Waals surface area (Å²) in [5, 5.41) is 10.6. The van der Waals surface area contributed by atoms with Crippen molar-refractivity contribution in [2.75, 3.05) is 19.6 Å². The van der Waals surface area contributed by atoms with Gasteiger partial charge in [-0.05, 0) is 74.1 Å². The van der Waals surface area contributed by atoms with Crippen LogP contribution >= 0.6 is 23.2 Å². The molecule has 0 bridgehead atoms. The van der Waals surface area contributed by atoms with Gasteiger partial charge in [0.25, 0.3) is 0 Å². The minimum Gasteiger partial charge on any atom is -0.350 e. The van der Waals surface area contributed by atoms with Crippen molar-refractivity contribution in [2.45, 2.75) is 31.8 Å². The summed E-state index contributed by atoms with van der Waals surface area (Å²) in [5.74, 6) is 0.565. The van der Waals surface area contributed by atoms with Crippen molar-refractivity contribution in [2.24, 2.45) is 5.92 Å². The zero-order valence-electron chi connectivity index (χ0n) is 15.8. The summed E-state index contributed by atoms with van der Waals surface area (Å²) in [6.07, 6.45) is 6.82. The van der Waals surface area contributed by atoms with E-state index in [4.69, 9.17) is 23.2 Å². The number of halogens is 2. The van der Waals surface area contributed by atoms with Gasteiger partial charge in [0, 0.05) is 18.9 Å². The first-order valence-electron chi connectivity index (χ1n) is 9.70. The van der Waals surface area contributed by atoms with E-state index in [2.05, 4.69) is 20.9 Å². The molecule has 3 N–H and O–H groups in total. The number of hydrogen-bond acceptors (Lipinski definition) is 4. The Hall–Kier alpha value is -1.66. The molecule has 1 fully saturated rings. The molecule has 1 saturated heterocycles. The van der Waals surface area contributed by atoms with E-state index < -0.39 is 6.04 Å². The van der Waals surface area contributed by atoms with Crippen LogP contribution in [0, 0.1) is 5.92 Å². The summed E-state index contributed by atoms with van der Waals surface area (Å²) in [7, 11) is 0. The number of hydrogen-bond donors (Lipinski definition) is 3. The second kappa shape index (κ2) is 10.8. The van der Waals surface area contributed by atoms with Gasteiger partial charge in [-0.1, -0.05) is 35.3 Å². The Kier molecular flexibility index (Phi) is 8.10. The zero-order chi connectivity index (χ0) is 19.8. The standard InChI is InChI=1S/C21H26Cl2N4O/c22-18-3-1-2-17(19(18)23)20(26-13-8-15-4-9-24-10-5-15)21(28)27-14-16-6-11-25-12-7-16/h1-3,6-7,11-12,15,20,24,26H,4-5,8-10,13-14H2,(H,27,28). The number of pyridine rings is 1. The third kappa shape index (κ3) is 5.92. The van der Waals surface area contributed by atoms with Crippen molar-refractivity contribution in [3.05, 3.63) is 63.9 Å². The van der Waals surface area contributed by atoms with Crippen molar-refractivity contribution in [1.29, 1.82) is 0 Å². The molecule has 5 nitrogen and oxygen atoms in total. The highest BCUT2D eigenvalue weighted by Gasteiger charge is 2.24. The third-order valence-electron chi connectivity index (χ3n) is 5.13. The molecule has 0 saturated carbocycles. The van der Waals surface area contributed by atoms with E-state index in [-0.39, 0.29) is 5.91 Å². The lowest BCUT2D eigenvalue weighted by Crippen LogP contribution is -2.38. The summed E-state index contributed by atoms with van der Waals surface area (Å²) >= 11 is 12.6. The number of benzene rings is 1. The predicted molar refractivity (Wildman–Crippen MR) is 114 cm³/mol. The van der Waals surface area contributed by atoms with E-state index in [0.29, 0.717) is 28.1 Å². The van der Waals surface area contributed by atoms with Crippen molar-refractivity contribution < 1.29 is 4.79 Å². The van der Waals surface area contributed by atoms with E-state index in [1.807, 2.05) is 24.3 Å². The first-order chi connectivity index (χ1) is 13.6. The number of nitrogens with zero attached hydrogens (tertiary/aromatic N) is 1. The van der Waals surface area contributed by atoms with Gasteiger partial charge in [-0.3, -0.25) is 9.78 Å². The van der Waals surface area contributed by atoms with Gasteiger partial charge in [-0.2, -0.15) is 0 Å². The Morgan fingerprint density at radius 3 is 2.68 bits per heavy atom. The van der Waals surface area contributed by atoms with Gasteiger partial charge in [-0.15, -0.1) is 0 Å². The van der Waals surface area contributed by atoms with E-state index in [1.54, 1.807) is 18.5 Å². The fraction of sp³-hybridized carbons (Fsp3) is 0.429. The van der Waals surface area contributed by atoms with Gasteiger partial charge in [0.05, 0.1) is 10.0 Å². The Morgan fingerprint density at radius 1 is 1.18 bits per heavy atom. The molecule has 150 valence electrons. The lowest BCUT2D eigenvalue weighted by atomic mass is 9.94. The van der Waals surface area contributed by atoms with Crippen LogP contribution in [0.2, 0.25) is 10.0 Å². The summed E-state index contributed by atoms with van der Waals surface area (Å²) in [6, 6.07) is 8.62. The molecule has 1 aromatic heterocycles. The van der Waals surface area contributed by atoms with Crippen molar-refractivity contribution in [3.63, 3.8) is 0 Å². The average molecular weight is 421 g/mol. The molecule has 1 unspecified atom stereocenters. The van der Waals surface area contributed by atoms with E-state index in [9.17, 15) is 4.79 Å². The highest BCUT2D eigenvalue weighted by Crippen LogP contribution is 2.30. The number of nitrogens with one attached hydrogen (secondary N) is 3. The van der Waals surface area contributed by atoms with Crippen LogP contribution in [0.4, 0.5) is 0 Å². The lowest BCUT2D eigenvalue weighted by molar-refractivity contribution is -0.123. The lowest BCUT2D eigenvalue weighted by Gasteiger charge is -2.25. The monoisotopic (exact) mass is 420 g/mol. The summed E-state index contributed by atoms with van der Waals surface area (Å²) < 4.78 is 0. The van der Waals surface area contributed by atoms with Gasteiger partial charge in [0.1, 0.15) is 6.04 Å². The van der Waals surface area contributed by atoms with Gasteiger partial charge in [0.2, 0.25) is 5.91 Å². The first kappa shape index (κ1) is 21.1. The number of aromatic nitrogens is 1. The Balaban J connectivity index is 1.66. The Labute approximate surface area is 176 Å². The Bertz CT molecular complexity index is 766. The molecule has 7 heteroatoms. The topological polar surface area (TPSA) is 66.0 Å². The van der Waals surface area contributed by atoms with Gasteiger partial charge in [-0.25, -0.2) is 0 Å². The molecule has 1 aliphatic heterocycles. The number of amides is 1. The molecule has 3 rings (SSSR count). The summed E-state index contributed by atoms with van der Waals surface area (Å²) in [5.41, 5.74) is 1.70. The molecule has 28 heavy (non-hydrogen) atoms. The first-order valence-corrected chi connectivity index (χ1v) is 10.5. The minimum atomic E-state index is -0.547. The zero-order valence-corrected chi connectivity index (χ0v) is 17.3. The van der Waals surface area contributed by atoms with Gasteiger partial charge >= 0.3 is 0 Å². The smallest absolute Gasteiger partial charge is 0.242 e. The number of carbonyl (C=O) groups excluding carboxylic acids is 1. The second-order valence-corrected chi connectivity index (χ2v) is 7.87. The normalized spacial score (nSPS) is 15.9. The maximum atomic E-state index is 13.0. The van der Waals surface area contributed by atoms with Crippen molar-refractivity contribution in [3.8, 4) is 0 Å². The summed E-state index contributed by atoms with van der Waals surface area (Å²) in [6.45, 7) is 3.33. The van der Waals surface area contributed by atoms with Crippen LogP contribution in [-0.4, -0.2) is 30.5 Å². The van der Waals surface area contributed by atoms with E-state index in [0.717, 1.165) is 31.6 Å². The van der Waals surface area contributed by atoms with Crippen LogP contribution in [-0.2, 0) is 11.3 Å². The number of rotatable bonds is 8. The molecule has 0 spiro atoms. The van der Waals surface area contributed by atoms with Gasteiger partial charge < -0.3 is 16.0 Å². The molecule has 0 radical (unpaired) electrons. The molecule has 1 aromatic carbocycles. The van der Waals surface area contributed by atoms with Crippen LogP contribution in [0.1, 0.15) is 36.4 Å². The molecule has 1 aliphatic rings.